The monoisotopic (exact) mass is 388 g/mol. The van der Waals surface area contributed by atoms with Gasteiger partial charge in [-0.05, 0) is 41.5 Å². The first-order valence-corrected chi connectivity index (χ1v) is 8.85. The van der Waals surface area contributed by atoms with Crippen molar-refractivity contribution < 1.29 is 12.8 Å². The Balaban J connectivity index is 2.16. The Morgan fingerprint density at radius 1 is 1.14 bits per heavy atom. The largest absolute Gasteiger partial charge is 0.224 e. The van der Waals surface area contributed by atoms with E-state index in [1.807, 2.05) is 0 Å². The molecule has 0 saturated heterocycles. The highest BCUT2D eigenvalue weighted by Crippen LogP contribution is 2.23. The van der Waals surface area contributed by atoms with Gasteiger partial charge in [-0.25, -0.2) is 12.8 Å². The molecule has 0 fully saturated rings. The van der Waals surface area contributed by atoms with E-state index in [1.165, 1.54) is 30.3 Å². The van der Waals surface area contributed by atoms with Crippen molar-refractivity contribution in [1.82, 2.24) is 0 Å². The Bertz CT molecular complexity index is 771. The summed E-state index contributed by atoms with van der Waals surface area (Å²) in [4.78, 5) is 0. The van der Waals surface area contributed by atoms with Gasteiger partial charge in [-0.1, -0.05) is 45.7 Å². The molecule has 0 atom stereocenters. The molecular weight excluding hydrogens is 379 g/mol. The van der Waals surface area contributed by atoms with Crippen LogP contribution in [0.5, 0.6) is 0 Å². The van der Waals surface area contributed by atoms with Crippen LogP contribution in [0.3, 0.4) is 0 Å². The van der Waals surface area contributed by atoms with Crippen LogP contribution in [-0.2, 0) is 15.6 Å². The van der Waals surface area contributed by atoms with E-state index in [9.17, 15) is 12.8 Å². The van der Waals surface area contributed by atoms with Gasteiger partial charge in [0.25, 0.3) is 0 Å². The summed E-state index contributed by atoms with van der Waals surface area (Å²) in [5.41, 5.74) is 1.14. The van der Waals surface area contributed by atoms with Gasteiger partial charge in [-0.3, -0.25) is 0 Å². The van der Waals surface area contributed by atoms with Crippen molar-refractivity contribution in [2.45, 2.75) is 5.75 Å². The number of rotatable bonds is 4. The molecule has 0 amide bonds. The average molecular weight is 390 g/mol. The molecule has 21 heavy (non-hydrogen) atoms. The molecule has 0 aromatic heterocycles. The van der Waals surface area contributed by atoms with Crippen LogP contribution in [-0.4, -0.2) is 8.42 Å². The van der Waals surface area contributed by atoms with Gasteiger partial charge in [0.1, 0.15) is 5.82 Å². The average Bonchev–Trinajstić information content (AvgIpc) is 2.40. The molecule has 0 unspecified atom stereocenters. The van der Waals surface area contributed by atoms with Crippen molar-refractivity contribution in [3.05, 3.63) is 74.3 Å². The number of halogens is 3. The maximum Gasteiger partial charge on any atom is 0.175 e. The molecular formula is C15H11BrClFO2S. The highest BCUT2D eigenvalue weighted by Gasteiger charge is 2.08. The second-order valence-electron chi connectivity index (χ2n) is 4.40. The van der Waals surface area contributed by atoms with E-state index in [-0.39, 0.29) is 5.75 Å². The topological polar surface area (TPSA) is 34.1 Å². The lowest BCUT2D eigenvalue weighted by molar-refractivity contribution is 0.603. The summed E-state index contributed by atoms with van der Waals surface area (Å²) in [6, 6.07) is 10.6. The molecule has 6 heteroatoms. The molecule has 0 radical (unpaired) electrons. The second-order valence-corrected chi connectivity index (χ2v) is 7.61. The molecule has 0 spiro atoms. The van der Waals surface area contributed by atoms with Gasteiger partial charge in [0.05, 0.1) is 5.75 Å². The lowest BCUT2D eigenvalue weighted by atomic mass is 10.2. The minimum atomic E-state index is -3.45. The molecule has 0 bridgehead atoms. The molecule has 110 valence electrons. The smallest absolute Gasteiger partial charge is 0.175 e. The number of hydrogen-bond acceptors (Lipinski definition) is 2. The van der Waals surface area contributed by atoms with E-state index < -0.39 is 15.7 Å². The van der Waals surface area contributed by atoms with Gasteiger partial charge in [0.2, 0.25) is 0 Å². The van der Waals surface area contributed by atoms with Gasteiger partial charge < -0.3 is 0 Å². The van der Waals surface area contributed by atoms with Crippen molar-refractivity contribution in [3.63, 3.8) is 0 Å². The highest BCUT2D eigenvalue weighted by atomic mass is 79.9. The fourth-order valence-corrected chi connectivity index (χ4v) is 3.52. The summed E-state index contributed by atoms with van der Waals surface area (Å²) in [6.45, 7) is 0. The Morgan fingerprint density at radius 3 is 2.43 bits per heavy atom. The summed E-state index contributed by atoms with van der Waals surface area (Å²) in [5, 5.41) is 1.57. The highest BCUT2D eigenvalue weighted by molar-refractivity contribution is 9.10. The Hall–Kier alpha value is -1.17. The Labute approximate surface area is 136 Å². The summed E-state index contributed by atoms with van der Waals surface area (Å²) in [6.07, 6.45) is 1.45. The number of hydrogen-bond donors (Lipinski definition) is 0. The number of benzene rings is 2. The zero-order valence-corrected chi connectivity index (χ0v) is 13.9. The zero-order chi connectivity index (χ0) is 15.5. The third kappa shape index (κ3) is 4.95. The van der Waals surface area contributed by atoms with Crippen LogP contribution in [0.2, 0.25) is 5.02 Å². The minimum absolute atomic E-state index is 0.183. The van der Waals surface area contributed by atoms with Crippen molar-refractivity contribution in [1.29, 1.82) is 0 Å². The quantitative estimate of drug-likeness (QED) is 0.751. The summed E-state index contributed by atoms with van der Waals surface area (Å²) in [5.74, 6) is -0.578. The van der Waals surface area contributed by atoms with E-state index in [2.05, 4.69) is 15.9 Å². The third-order valence-corrected chi connectivity index (χ3v) is 4.81. The number of sulfone groups is 1. The molecule has 0 N–H and O–H groups in total. The van der Waals surface area contributed by atoms with Crippen molar-refractivity contribution >= 4 is 43.4 Å². The first kappa shape index (κ1) is 16.2. The molecule has 0 aliphatic heterocycles. The fraction of sp³-hybridized carbons (Fsp3) is 0.0667. The molecule has 0 aliphatic rings. The van der Waals surface area contributed by atoms with Crippen LogP contribution >= 0.6 is 27.5 Å². The van der Waals surface area contributed by atoms with Gasteiger partial charge in [0, 0.05) is 14.9 Å². The van der Waals surface area contributed by atoms with Crippen LogP contribution in [0.4, 0.5) is 4.39 Å². The van der Waals surface area contributed by atoms with E-state index in [1.54, 1.807) is 18.2 Å². The summed E-state index contributed by atoms with van der Waals surface area (Å²) >= 11 is 9.30. The second kappa shape index (κ2) is 6.73. The van der Waals surface area contributed by atoms with Crippen LogP contribution < -0.4 is 0 Å². The van der Waals surface area contributed by atoms with Crippen LogP contribution in [0, 0.1) is 5.82 Å². The Morgan fingerprint density at radius 2 is 1.81 bits per heavy atom. The molecule has 2 aromatic rings. The van der Waals surface area contributed by atoms with Crippen LogP contribution in [0.15, 0.2) is 52.3 Å². The normalized spacial score (nSPS) is 12.0. The van der Waals surface area contributed by atoms with E-state index in [4.69, 9.17) is 11.6 Å². The maximum atomic E-state index is 12.8. The van der Waals surface area contributed by atoms with Crippen molar-refractivity contribution in [3.8, 4) is 0 Å². The van der Waals surface area contributed by atoms with E-state index >= 15 is 0 Å². The molecule has 2 rings (SSSR count). The minimum Gasteiger partial charge on any atom is -0.224 e. The zero-order valence-electron chi connectivity index (χ0n) is 10.8. The molecule has 2 nitrogen and oxygen atoms in total. The van der Waals surface area contributed by atoms with Crippen molar-refractivity contribution in [2.24, 2.45) is 0 Å². The maximum absolute atomic E-state index is 12.8. The summed E-state index contributed by atoms with van der Waals surface area (Å²) in [7, 11) is -3.45. The lowest BCUT2D eigenvalue weighted by Crippen LogP contribution is -2.00. The molecule has 0 aliphatic carbocycles. The SMILES string of the molecule is O=S(=O)(C=Cc1ccc(Br)cc1Cl)Cc1ccc(F)cc1. The predicted molar refractivity (Wildman–Crippen MR) is 87.2 cm³/mol. The first-order valence-electron chi connectivity index (χ1n) is 5.96. The standard InChI is InChI=1S/C15H11BrClFO2S/c16-13-4-3-12(15(17)9-13)7-8-21(19,20)10-11-1-5-14(18)6-2-11/h1-9H,10H2. The van der Waals surface area contributed by atoms with Gasteiger partial charge in [-0.15, -0.1) is 0 Å². The van der Waals surface area contributed by atoms with E-state index in [0.29, 0.717) is 16.1 Å². The summed E-state index contributed by atoms with van der Waals surface area (Å²) < 4.78 is 37.6. The van der Waals surface area contributed by atoms with Crippen LogP contribution in [0.25, 0.3) is 6.08 Å². The predicted octanol–water partition coefficient (Wildman–Crippen LogP) is 4.83. The molecule has 2 aromatic carbocycles. The molecule has 0 saturated carbocycles. The van der Waals surface area contributed by atoms with E-state index in [0.717, 1.165) is 9.88 Å². The first-order chi connectivity index (χ1) is 9.85. The Kier molecular flexibility index (Phi) is 5.19. The fourth-order valence-electron chi connectivity index (χ4n) is 1.67. The van der Waals surface area contributed by atoms with Gasteiger partial charge >= 0.3 is 0 Å². The van der Waals surface area contributed by atoms with Gasteiger partial charge in [0.15, 0.2) is 9.84 Å². The lowest BCUT2D eigenvalue weighted by Gasteiger charge is -2.01. The van der Waals surface area contributed by atoms with Gasteiger partial charge in [-0.2, -0.15) is 0 Å². The van der Waals surface area contributed by atoms with Crippen LogP contribution in [0.1, 0.15) is 11.1 Å². The molecule has 0 heterocycles. The van der Waals surface area contributed by atoms with Crippen molar-refractivity contribution in [2.75, 3.05) is 0 Å². The third-order valence-electron chi connectivity index (χ3n) is 2.70.